The lowest BCUT2D eigenvalue weighted by molar-refractivity contribution is 0.103. The number of nitrogens with zero attached hydrogens (tertiary/aromatic N) is 2. The van der Waals surface area contributed by atoms with Crippen molar-refractivity contribution in [1.29, 1.82) is 0 Å². The molecule has 0 amide bonds. The van der Waals surface area contributed by atoms with Gasteiger partial charge in [-0.2, -0.15) is 0 Å². The highest BCUT2D eigenvalue weighted by molar-refractivity contribution is 6.30. The van der Waals surface area contributed by atoms with Crippen molar-refractivity contribution in [3.63, 3.8) is 0 Å². The van der Waals surface area contributed by atoms with E-state index in [1.807, 2.05) is 7.05 Å². The lowest BCUT2D eigenvalue weighted by Gasteiger charge is -2.02. The molecule has 2 heterocycles. The van der Waals surface area contributed by atoms with E-state index in [2.05, 4.69) is 11.1 Å². The van der Waals surface area contributed by atoms with E-state index >= 15 is 0 Å². The molecule has 0 unspecified atom stereocenters. The molecule has 0 aliphatic heterocycles. The number of ketones is 1. The fraction of sp³-hybridized carbons (Fsp3) is 0.0556. The third-order valence-electron chi connectivity index (χ3n) is 3.03. The Morgan fingerprint density at radius 1 is 1.24 bits per heavy atom. The SMILES string of the molecule is Cl.Cn1c[c]cc1C(=O)c1ccc(Cl)cc1.O.O=Cc1cccnc1. The molecular formula is C18H17Cl2N2O3. The molecule has 2 aromatic heterocycles. The van der Waals surface area contributed by atoms with E-state index in [-0.39, 0.29) is 23.7 Å². The number of benzene rings is 1. The highest BCUT2D eigenvalue weighted by Gasteiger charge is 2.11. The highest BCUT2D eigenvalue weighted by atomic mass is 35.5. The van der Waals surface area contributed by atoms with E-state index in [1.54, 1.807) is 59.4 Å². The molecule has 5 nitrogen and oxygen atoms in total. The number of carbonyl (C=O) groups is 2. The number of aldehydes is 1. The molecule has 0 saturated carbocycles. The van der Waals surface area contributed by atoms with Crippen LogP contribution in [0.5, 0.6) is 0 Å². The minimum atomic E-state index is -0.0181. The summed E-state index contributed by atoms with van der Waals surface area (Å²) in [5, 5.41) is 0.630. The standard InChI is InChI=1S/C12H9ClNO.C6H5NO.ClH.H2O/c1-14-8-2-3-11(14)12(15)9-4-6-10(13)7-5-9;8-5-6-2-1-3-7-4-6;;/h3-8H,1H3;1-5H;1H;1H2. The van der Waals surface area contributed by atoms with Gasteiger partial charge in [0.1, 0.15) is 0 Å². The van der Waals surface area contributed by atoms with Crippen molar-refractivity contribution in [2.24, 2.45) is 7.05 Å². The number of hydrogen-bond donors (Lipinski definition) is 0. The summed E-state index contributed by atoms with van der Waals surface area (Å²) in [6, 6.07) is 14.8. The zero-order valence-corrected chi connectivity index (χ0v) is 14.9. The summed E-state index contributed by atoms with van der Waals surface area (Å²) >= 11 is 5.75. The van der Waals surface area contributed by atoms with Crippen LogP contribution < -0.4 is 0 Å². The molecule has 2 N–H and O–H groups in total. The van der Waals surface area contributed by atoms with E-state index in [1.165, 1.54) is 6.20 Å². The summed E-state index contributed by atoms with van der Waals surface area (Å²) in [4.78, 5) is 25.6. The Morgan fingerprint density at radius 3 is 2.36 bits per heavy atom. The smallest absolute Gasteiger partial charge is 0.209 e. The zero-order chi connectivity index (χ0) is 16.7. The summed E-state index contributed by atoms with van der Waals surface area (Å²) in [5.74, 6) is -0.0181. The molecule has 0 aliphatic rings. The lowest BCUT2D eigenvalue weighted by atomic mass is 10.1. The zero-order valence-electron chi connectivity index (χ0n) is 13.3. The van der Waals surface area contributed by atoms with Crippen molar-refractivity contribution in [3.05, 3.63) is 89.0 Å². The first-order valence-corrected chi connectivity index (χ1v) is 7.17. The molecule has 1 aromatic carbocycles. The molecule has 0 spiro atoms. The van der Waals surface area contributed by atoms with Crippen LogP contribution in [0.25, 0.3) is 0 Å². The maximum absolute atomic E-state index is 12.0. The Kier molecular flexibility index (Phi) is 10.0. The van der Waals surface area contributed by atoms with Gasteiger partial charge in [-0.15, -0.1) is 12.4 Å². The monoisotopic (exact) mass is 379 g/mol. The first kappa shape index (κ1) is 22.5. The molecule has 3 rings (SSSR count). The second-order valence-corrected chi connectivity index (χ2v) is 5.11. The van der Waals surface area contributed by atoms with E-state index in [0.717, 1.165) is 6.29 Å². The normalized spacial score (nSPS) is 8.88. The van der Waals surface area contributed by atoms with Gasteiger partial charge in [-0.3, -0.25) is 14.6 Å². The Bertz CT molecular complexity index is 788. The number of aromatic nitrogens is 2. The first-order chi connectivity index (χ1) is 11.1. The van der Waals surface area contributed by atoms with Gasteiger partial charge in [0.2, 0.25) is 5.78 Å². The number of carbonyl (C=O) groups excluding carboxylic acids is 2. The summed E-state index contributed by atoms with van der Waals surface area (Å²) in [6.45, 7) is 0. The molecule has 0 atom stereocenters. The number of halogens is 2. The van der Waals surface area contributed by atoms with Crippen LogP contribution in [-0.4, -0.2) is 27.1 Å². The Balaban J connectivity index is 0.000000497. The van der Waals surface area contributed by atoms with Gasteiger partial charge in [0.05, 0.1) is 5.69 Å². The molecular weight excluding hydrogens is 363 g/mol. The van der Waals surface area contributed by atoms with E-state index in [0.29, 0.717) is 21.8 Å². The summed E-state index contributed by atoms with van der Waals surface area (Å²) in [5.41, 5.74) is 1.87. The lowest BCUT2D eigenvalue weighted by Crippen LogP contribution is -2.06. The van der Waals surface area contributed by atoms with E-state index < -0.39 is 0 Å². The summed E-state index contributed by atoms with van der Waals surface area (Å²) in [7, 11) is 1.82. The molecule has 3 aromatic rings. The van der Waals surface area contributed by atoms with Gasteiger partial charge in [-0.05, 0) is 42.5 Å². The van der Waals surface area contributed by atoms with Crippen LogP contribution in [0.2, 0.25) is 5.02 Å². The highest BCUT2D eigenvalue weighted by Crippen LogP contribution is 2.13. The number of aryl methyl sites for hydroxylation is 1. The van der Waals surface area contributed by atoms with E-state index in [4.69, 9.17) is 11.6 Å². The maximum Gasteiger partial charge on any atom is 0.209 e. The molecule has 0 fully saturated rings. The van der Waals surface area contributed by atoms with Gasteiger partial charge >= 0.3 is 0 Å². The molecule has 1 radical (unpaired) electrons. The van der Waals surface area contributed by atoms with Crippen molar-refractivity contribution in [2.75, 3.05) is 0 Å². The van der Waals surface area contributed by atoms with Crippen LogP contribution in [-0.2, 0) is 7.05 Å². The predicted molar refractivity (Wildman–Crippen MR) is 99.6 cm³/mol. The first-order valence-electron chi connectivity index (χ1n) is 6.79. The molecule has 25 heavy (non-hydrogen) atoms. The average molecular weight is 380 g/mol. The number of pyridine rings is 1. The third kappa shape index (κ3) is 6.51. The van der Waals surface area contributed by atoms with Gasteiger partial charge < -0.3 is 10.0 Å². The van der Waals surface area contributed by atoms with E-state index in [9.17, 15) is 9.59 Å². The second-order valence-electron chi connectivity index (χ2n) is 4.68. The summed E-state index contributed by atoms with van der Waals surface area (Å²) in [6.07, 6.45) is 5.65. The van der Waals surface area contributed by atoms with Crippen LogP contribution in [0.15, 0.2) is 61.1 Å². The molecule has 131 valence electrons. The Morgan fingerprint density at radius 2 is 1.92 bits per heavy atom. The number of hydrogen-bond acceptors (Lipinski definition) is 3. The van der Waals surface area contributed by atoms with Gasteiger partial charge in [-0.25, -0.2) is 0 Å². The van der Waals surface area contributed by atoms with Gasteiger partial charge in [0.15, 0.2) is 6.29 Å². The Hall–Kier alpha value is -2.47. The fourth-order valence-electron chi connectivity index (χ4n) is 1.82. The fourth-order valence-corrected chi connectivity index (χ4v) is 1.95. The van der Waals surface area contributed by atoms with Crippen LogP contribution in [0.1, 0.15) is 26.4 Å². The van der Waals surface area contributed by atoms with Crippen LogP contribution >= 0.6 is 24.0 Å². The van der Waals surface area contributed by atoms with Gasteiger partial charge in [0.25, 0.3) is 0 Å². The average Bonchev–Trinajstić information content (AvgIpc) is 3.02. The largest absolute Gasteiger partial charge is 0.412 e. The molecule has 0 saturated heterocycles. The topological polar surface area (TPSA) is 83.5 Å². The Labute approximate surface area is 157 Å². The van der Waals surface area contributed by atoms with Crippen molar-refractivity contribution < 1.29 is 15.1 Å². The van der Waals surface area contributed by atoms with Crippen molar-refractivity contribution in [2.45, 2.75) is 0 Å². The maximum atomic E-state index is 12.0. The van der Waals surface area contributed by atoms with Crippen LogP contribution in [0.4, 0.5) is 0 Å². The van der Waals surface area contributed by atoms with Crippen LogP contribution in [0.3, 0.4) is 0 Å². The predicted octanol–water partition coefficient (Wildman–Crippen LogP) is 3.20. The number of rotatable bonds is 3. The second kappa shape index (κ2) is 11.1. The van der Waals surface area contributed by atoms with Gasteiger partial charge in [0, 0.05) is 47.9 Å². The minimum Gasteiger partial charge on any atom is -0.412 e. The van der Waals surface area contributed by atoms with Crippen molar-refractivity contribution in [1.82, 2.24) is 9.55 Å². The van der Waals surface area contributed by atoms with Crippen LogP contribution in [0, 0.1) is 6.07 Å². The quantitative estimate of drug-likeness (QED) is 0.517. The van der Waals surface area contributed by atoms with Crippen molar-refractivity contribution >= 4 is 36.1 Å². The minimum absolute atomic E-state index is 0. The third-order valence-corrected chi connectivity index (χ3v) is 3.28. The van der Waals surface area contributed by atoms with Crippen molar-refractivity contribution in [3.8, 4) is 0 Å². The molecule has 7 heteroatoms. The molecule has 0 bridgehead atoms. The summed E-state index contributed by atoms with van der Waals surface area (Å²) < 4.78 is 1.75. The molecule has 0 aliphatic carbocycles. The van der Waals surface area contributed by atoms with Gasteiger partial charge in [-0.1, -0.05) is 11.6 Å².